The smallest absolute Gasteiger partial charge is 0.274 e. The van der Waals surface area contributed by atoms with E-state index in [2.05, 4.69) is 23.4 Å². The second kappa shape index (κ2) is 5.65. The van der Waals surface area contributed by atoms with E-state index in [4.69, 9.17) is 0 Å². The minimum Gasteiger partial charge on any atom is -0.330 e. The predicted molar refractivity (Wildman–Crippen MR) is 61.2 cm³/mol. The molecule has 1 heterocycles. The molecule has 0 aliphatic rings. The summed E-state index contributed by atoms with van der Waals surface area (Å²) in [6, 6.07) is 2.65. The summed E-state index contributed by atoms with van der Waals surface area (Å²) in [5.74, 6) is -0.268. The highest BCUT2D eigenvalue weighted by molar-refractivity contribution is 5.92. The molecule has 5 nitrogen and oxygen atoms in total. The third-order valence-corrected chi connectivity index (χ3v) is 1.88. The maximum Gasteiger partial charge on any atom is 0.274 e. The molecule has 16 heavy (non-hydrogen) atoms. The van der Waals surface area contributed by atoms with Crippen LogP contribution in [0.2, 0.25) is 0 Å². The van der Waals surface area contributed by atoms with Crippen LogP contribution in [0.4, 0.5) is 0 Å². The highest BCUT2D eigenvalue weighted by atomic mass is 16.2. The van der Waals surface area contributed by atoms with Gasteiger partial charge in [0.25, 0.3) is 11.5 Å². The Bertz CT molecular complexity index is 420. The summed E-state index contributed by atoms with van der Waals surface area (Å²) >= 11 is 0. The van der Waals surface area contributed by atoms with Gasteiger partial charge in [0.1, 0.15) is 5.69 Å². The summed E-state index contributed by atoms with van der Waals surface area (Å²) in [7, 11) is 0. The van der Waals surface area contributed by atoms with Gasteiger partial charge >= 0.3 is 0 Å². The minimum atomic E-state index is -0.337. The molecule has 1 amide bonds. The van der Waals surface area contributed by atoms with Crippen molar-refractivity contribution in [2.24, 2.45) is 0 Å². The highest BCUT2D eigenvalue weighted by Gasteiger charge is 2.14. The van der Waals surface area contributed by atoms with Crippen LogP contribution >= 0.6 is 0 Å². The van der Waals surface area contributed by atoms with Crippen molar-refractivity contribution in [3.05, 3.63) is 53.5 Å². The van der Waals surface area contributed by atoms with Gasteiger partial charge in [-0.25, -0.2) is 5.10 Å². The molecule has 1 rings (SSSR count). The summed E-state index contributed by atoms with van der Waals surface area (Å²) < 4.78 is 0. The molecule has 0 aliphatic heterocycles. The normalized spacial score (nSPS) is 9.50. The minimum absolute atomic E-state index is 0.198. The molecule has 0 saturated heterocycles. The second-order valence-electron chi connectivity index (χ2n) is 3.09. The van der Waals surface area contributed by atoms with Gasteiger partial charge in [-0.1, -0.05) is 12.2 Å². The Morgan fingerprint density at radius 2 is 2.00 bits per heavy atom. The van der Waals surface area contributed by atoms with Crippen molar-refractivity contribution in [1.82, 2.24) is 15.1 Å². The molecule has 0 unspecified atom stereocenters. The summed E-state index contributed by atoms with van der Waals surface area (Å²) in [4.78, 5) is 24.2. The molecule has 84 valence electrons. The maximum atomic E-state index is 11.9. The largest absolute Gasteiger partial charge is 0.330 e. The van der Waals surface area contributed by atoms with Gasteiger partial charge < -0.3 is 4.90 Å². The molecular weight excluding hydrogens is 206 g/mol. The van der Waals surface area contributed by atoms with Gasteiger partial charge in [-0.2, -0.15) is 5.10 Å². The number of carbonyl (C=O) groups is 1. The quantitative estimate of drug-likeness (QED) is 0.737. The number of aromatic amines is 1. The Morgan fingerprint density at radius 1 is 1.38 bits per heavy atom. The first-order valence-electron chi connectivity index (χ1n) is 4.76. The Kier molecular flexibility index (Phi) is 4.20. The standard InChI is InChI=1S/C11H13N3O2/c1-3-7-14(8-4-2)11(16)9-5-6-10(15)13-12-9/h3-6H,1-2,7-8H2,(H,13,15). The molecule has 0 radical (unpaired) electrons. The highest BCUT2D eigenvalue weighted by Crippen LogP contribution is 1.99. The van der Waals surface area contributed by atoms with E-state index in [1.165, 1.54) is 17.0 Å². The molecule has 5 heteroatoms. The van der Waals surface area contributed by atoms with Crippen molar-refractivity contribution < 1.29 is 4.79 Å². The van der Waals surface area contributed by atoms with Gasteiger partial charge in [0.2, 0.25) is 0 Å². The lowest BCUT2D eigenvalue weighted by atomic mass is 10.3. The van der Waals surface area contributed by atoms with E-state index in [1.54, 1.807) is 12.2 Å². The Balaban J connectivity index is 2.88. The van der Waals surface area contributed by atoms with Crippen molar-refractivity contribution >= 4 is 5.91 Å². The summed E-state index contributed by atoms with van der Waals surface area (Å²) in [5, 5.41) is 5.88. The lowest BCUT2D eigenvalue weighted by Gasteiger charge is -2.18. The zero-order valence-electron chi connectivity index (χ0n) is 8.85. The molecule has 0 aliphatic carbocycles. The van der Waals surface area contributed by atoms with Crippen LogP contribution in [-0.4, -0.2) is 34.1 Å². The fourth-order valence-corrected chi connectivity index (χ4v) is 1.18. The average Bonchev–Trinajstić information content (AvgIpc) is 2.29. The number of rotatable bonds is 5. The van der Waals surface area contributed by atoms with E-state index in [9.17, 15) is 9.59 Å². The Morgan fingerprint density at radius 3 is 2.44 bits per heavy atom. The fraction of sp³-hybridized carbons (Fsp3) is 0.182. The molecule has 0 bridgehead atoms. The fourth-order valence-electron chi connectivity index (χ4n) is 1.18. The van der Waals surface area contributed by atoms with E-state index in [1.807, 2.05) is 0 Å². The lowest BCUT2D eigenvalue weighted by Crippen LogP contribution is -2.32. The van der Waals surface area contributed by atoms with Crippen molar-refractivity contribution in [2.45, 2.75) is 0 Å². The Hall–Kier alpha value is -2.17. The number of H-pyrrole nitrogens is 1. The third-order valence-electron chi connectivity index (χ3n) is 1.88. The van der Waals surface area contributed by atoms with Crippen LogP contribution in [0, 0.1) is 0 Å². The van der Waals surface area contributed by atoms with Crippen molar-refractivity contribution in [2.75, 3.05) is 13.1 Å². The first-order valence-corrected chi connectivity index (χ1v) is 4.76. The van der Waals surface area contributed by atoms with Crippen LogP contribution in [0.25, 0.3) is 0 Å². The Labute approximate surface area is 93.1 Å². The van der Waals surface area contributed by atoms with Crippen molar-refractivity contribution in [3.8, 4) is 0 Å². The molecule has 0 atom stereocenters. The van der Waals surface area contributed by atoms with E-state index < -0.39 is 0 Å². The summed E-state index contributed by atoms with van der Waals surface area (Å²) in [6.45, 7) is 7.95. The van der Waals surface area contributed by atoms with E-state index in [0.717, 1.165) is 0 Å². The van der Waals surface area contributed by atoms with Gasteiger partial charge in [-0.15, -0.1) is 13.2 Å². The second-order valence-corrected chi connectivity index (χ2v) is 3.09. The van der Waals surface area contributed by atoms with Gasteiger partial charge in [-0.3, -0.25) is 9.59 Å². The molecule has 1 aromatic heterocycles. The number of amides is 1. The number of hydrogen-bond donors (Lipinski definition) is 1. The zero-order chi connectivity index (χ0) is 12.0. The third kappa shape index (κ3) is 2.91. The van der Waals surface area contributed by atoms with Crippen LogP contribution in [0.15, 0.2) is 42.2 Å². The molecular formula is C11H13N3O2. The monoisotopic (exact) mass is 219 g/mol. The van der Waals surface area contributed by atoms with Gasteiger partial charge in [-0.05, 0) is 6.07 Å². The lowest BCUT2D eigenvalue weighted by molar-refractivity contribution is 0.0784. The maximum absolute atomic E-state index is 11.9. The van der Waals surface area contributed by atoms with Crippen LogP contribution in [0.1, 0.15) is 10.5 Å². The van der Waals surface area contributed by atoms with Gasteiger partial charge in [0, 0.05) is 19.2 Å². The zero-order valence-corrected chi connectivity index (χ0v) is 8.85. The van der Waals surface area contributed by atoms with Crippen molar-refractivity contribution in [3.63, 3.8) is 0 Å². The van der Waals surface area contributed by atoms with E-state index in [0.29, 0.717) is 13.1 Å². The summed E-state index contributed by atoms with van der Waals surface area (Å²) in [5.41, 5.74) is -0.140. The van der Waals surface area contributed by atoms with Crippen LogP contribution in [0.3, 0.4) is 0 Å². The topological polar surface area (TPSA) is 66.1 Å². The van der Waals surface area contributed by atoms with Gasteiger partial charge in [0.15, 0.2) is 0 Å². The number of carbonyl (C=O) groups excluding carboxylic acids is 1. The molecule has 0 fully saturated rings. The summed E-state index contributed by atoms with van der Waals surface area (Å²) in [6.07, 6.45) is 3.24. The average molecular weight is 219 g/mol. The first kappa shape index (κ1) is 11.9. The van der Waals surface area contributed by atoms with Crippen LogP contribution in [-0.2, 0) is 0 Å². The first-order chi connectivity index (χ1) is 7.69. The molecule has 0 saturated carbocycles. The number of nitrogens with one attached hydrogen (secondary N) is 1. The SMILES string of the molecule is C=CCN(CC=C)C(=O)c1ccc(=O)[nH]n1. The predicted octanol–water partition coefficient (Wildman–Crippen LogP) is 0.584. The van der Waals surface area contributed by atoms with Gasteiger partial charge in [0.05, 0.1) is 0 Å². The molecule has 0 spiro atoms. The van der Waals surface area contributed by atoms with E-state index in [-0.39, 0.29) is 17.2 Å². The van der Waals surface area contributed by atoms with Crippen LogP contribution in [0.5, 0.6) is 0 Å². The molecule has 0 aromatic carbocycles. The van der Waals surface area contributed by atoms with Crippen molar-refractivity contribution in [1.29, 1.82) is 0 Å². The number of hydrogen-bond acceptors (Lipinski definition) is 3. The molecule has 1 N–H and O–H groups in total. The number of aromatic nitrogens is 2. The number of nitrogens with zero attached hydrogens (tertiary/aromatic N) is 2. The van der Waals surface area contributed by atoms with Crippen LogP contribution < -0.4 is 5.56 Å². The molecule has 1 aromatic rings. The van der Waals surface area contributed by atoms with E-state index >= 15 is 0 Å².